The number of halogens is 2. The summed E-state index contributed by atoms with van der Waals surface area (Å²) in [6.45, 7) is 4.19. The summed E-state index contributed by atoms with van der Waals surface area (Å²) in [5.41, 5.74) is 2.91. The molecule has 2 fully saturated rings. The minimum Gasteiger partial charge on any atom is -0.495 e. The van der Waals surface area contributed by atoms with Gasteiger partial charge in [-0.25, -0.2) is 8.78 Å². The molecule has 2 saturated heterocycles. The number of para-hydroxylation sites is 2. The highest BCUT2D eigenvalue weighted by Crippen LogP contribution is 2.32. The summed E-state index contributed by atoms with van der Waals surface area (Å²) in [5.74, 6) is 0.235. The van der Waals surface area contributed by atoms with Crippen molar-refractivity contribution in [1.82, 2.24) is 9.80 Å². The second-order valence-corrected chi connectivity index (χ2v) is 10.5. The van der Waals surface area contributed by atoms with E-state index >= 15 is 0 Å². The van der Waals surface area contributed by atoms with Gasteiger partial charge in [0.25, 0.3) is 0 Å². The number of methoxy groups -OCH3 is 1. The Labute approximate surface area is 234 Å². The normalized spacial score (nSPS) is 23.6. The van der Waals surface area contributed by atoms with Crippen molar-refractivity contribution < 1.29 is 28.5 Å². The van der Waals surface area contributed by atoms with Crippen LogP contribution in [-0.2, 0) is 17.8 Å². The lowest BCUT2D eigenvalue weighted by Crippen LogP contribution is -2.57. The third-order valence-corrected chi connectivity index (χ3v) is 7.88. The first-order valence-electron chi connectivity index (χ1n) is 13.7. The van der Waals surface area contributed by atoms with Crippen molar-refractivity contribution in [2.24, 2.45) is 0 Å². The highest BCUT2D eigenvalue weighted by Gasteiger charge is 2.47. The molecule has 3 aromatic rings. The third-order valence-electron chi connectivity index (χ3n) is 7.88. The monoisotopic (exact) mass is 553 g/mol. The molecule has 5 rings (SSSR count). The molecule has 0 saturated carbocycles. The number of benzene rings is 3. The van der Waals surface area contributed by atoms with E-state index in [1.165, 1.54) is 24.3 Å². The molecule has 214 valence electrons. The molecule has 9 heteroatoms. The van der Waals surface area contributed by atoms with Gasteiger partial charge in [-0.15, -0.1) is 0 Å². The van der Waals surface area contributed by atoms with E-state index in [-0.39, 0.29) is 30.4 Å². The topological polar surface area (TPSA) is 68.6 Å². The number of rotatable bonds is 10. The van der Waals surface area contributed by atoms with Crippen molar-refractivity contribution in [3.8, 4) is 5.75 Å². The van der Waals surface area contributed by atoms with Crippen LogP contribution < -0.4 is 9.64 Å². The van der Waals surface area contributed by atoms with E-state index in [9.17, 15) is 19.0 Å². The van der Waals surface area contributed by atoms with E-state index < -0.39 is 12.2 Å². The largest absolute Gasteiger partial charge is 0.495 e. The third kappa shape index (κ3) is 6.62. The molecular weight excluding hydrogens is 516 g/mol. The Kier molecular flexibility index (Phi) is 9.29. The predicted molar refractivity (Wildman–Crippen MR) is 149 cm³/mol. The fourth-order valence-corrected chi connectivity index (χ4v) is 5.87. The second-order valence-electron chi connectivity index (χ2n) is 10.5. The minimum absolute atomic E-state index is 0.273. The summed E-state index contributed by atoms with van der Waals surface area (Å²) < 4.78 is 38.9. The van der Waals surface area contributed by atoms with Gasteiger partial charge in [0.1, 0.15) is 29.6 Å². The van der Waals surface area contributed by atoms with Crippen molar-refractivity contribution >= 4 is 5.69 Å². The average Bonchev–Trinajstić information content (AvgIpc) is 3.29. The average molecular weight is 554 g/mol. The van der Waals surface area contributed by atoms with Crippen LogP contribution in [0.2, 0.25) is 0 Å². The maximum atomic E-state index is 13.6. The lowest BCUT2D eigenvalue weighted by Gasteiger charge is -2.42. The lowest BCUT2D eigenvalue weighted by atomic mass is 10.0. The maximum absolute atomic E-state index is 13.6. The molecule has 2 aliphatic rings. The van der Waals surface area contributed by atoms with E-state index in [1.54, 1.807) is 31.4 Å². The Morgan fingerprint density at radius 2 is 1.43 bits per heavy atom. The van der Waals surface area contributed by atoms with Gasteiger partial charge in [-0.05, 0) is 47.5 Å². The number of ether oxygens (including phenoxy) is 2. The van der Waals surface area contributed by atoms with E-state index in [4.69, 9.17) is 9.47 Å². The Morgan fingerprint density at radius 1 is 0.850 bits per heavy atom. The number of anilines is 1. The zero-order valence-electron chi connectivity index (χ0n) is 22.7. The molecule has 2 aliphatic heterocycles. The van der Waals surface area contributed by atoms with E-state index in [0.29, 0.717) is 32.7 Å². The molecule has 0 aromatic heterocycles. The summed E-state index contributed by atoms with van der Waals surface area (Å²) in [7, 11) is 1.67. The van der Waals surface area contributed by atoms with Crippen LogP contribution in [0.15, 0.2) is 72.8 Å². The van der Waals surface area contributed by atoms with E-state index in [2.05, 4.69) is 20.8 Å². The first kappa shape index (κ1) is 28.4. The Hall–Kier alpha value is -3.08. The van der Waals surface area contributed by atoms with Crippen molar-refractivity contribution in [3.63, 3.8) is 0 Å². The SMILES string of the molecule is COc1ccccc1N1CCN([C@@H]2[C@H](O)[C@H](CO)O[C@@H]2CN(Cc2ccc(F)cc2)Cc2ccc(F)cc2)CC1. The number of piperazine rings is 1. The van der Waals surface area contributed by atoms with Crippen LogP contribution in [-0.4, -0.2) is 90.8 Å². The van der Waals surface area contributed by atoms with Gasteiger partial charge in [0, 0.05) is 45.8 Å². The van der Waals surface area contributed by atoms with Crippen LogP contribution in [0.4, 0.5) is 14.5 Å². The zero-order chi connectivity index (χ0) is 28.1. The minimum atomic E-state index is -0.841. The van der Waals surface area contributed by atoms with E-state index in [0.717, 1.165) is 35.7 Å². The van der Waals surface area contributed by atoms with Gasteiger partial charge in [-0.1, -0.05) is 36.4 Å². The molecule has 0 unspecified atom stereocenters. The van der Waals surface area contributed by atoms with Crippen LogP contribution in [0.1, 0.15) is 11.1 Å². The van der Waals surface area contributed by atoms with Crippen LogP contribution >= 0.6 is 0 Å². The van der Waals surface area contributed by atoms with Crippen molar-refractivity contribution in [3.05, 3.63) is 95.6 Å². The number of aliphatic hydroxyl groups is 2. The fraction of sp³-hybridized carbons (Fsp3) is 0.419. The van der Waals surface area contributed by atoms with Crippen molar-refractivity contribution in [2.45, 2.75) is 37.4 Å². The molecule has 0 bridgehead atoms. The lowest BCUT2D eigenvalue weighted by molar-refractivity contribution is -0.0325. The van der Waals surface area contributed by atoms with Gasteiger partial charge >= 0.3 is 0 Å². The Morgan fingerprint density at radius 3 is 1.98 bits per heavy atom. The zero-order valence-corrected chi connectivity index (χ0v) is 22.7. The second kappa shape index (κ2) is 13.1. The van der Waals surface area contributed by atoms with Crippen LogP contribution in [0, 0.1) is 11.6 Å². The highest BCUT2D eigenvalue weighted by atomic mass is 19.1. The summed E-state index contributed by atoms with van der Waals surface area (Å²) in [6.07, 6.45) is -1.89. The molecule has 2 heterocycles. The van der Waals surface area contributed by atoms with Crippen LogP contribution in [0.5, 0.6) is 5.75 Å². The molecule has 40 heavy (non-hydrogen) atoms. The molecule has 0 aliphatic carbocycles. The molecule has 0 spiro atoms. The first-order chi connectivity index (χ1) is 19.4. The number of hydrogen-bond acceptors (Lipinski definition) is 7. The summed E-state index contributed by atoms with van der Waals surface area (Å²) in [4.78, 5) is 6.70. The number of aliphatic hydroxyl groups excluding tert-OH is 2. The maximum Gasteiger partial charge on any atom is 0.142 e. The molecule has 2 N–H and O–H groups in total. The van der Waals surface area contributed by atoms with Crippen molar-refractivity contribution in [1.29, 1.82) is 0 Å². The van der Waals surface area contributed by atoms with Crippen LogP contribution in [0.25, 0.3) is 0 Å². The molecule has 3 aromatic carbocycles. The van der Waals surface area contributed by atoms with Gasteiger partial charge in [0.2, 0.25) is 0 Å². The molecule has 4 atom stereocenters. The molecule has 0 radical (unpaired) electrons. The summed E-state index contributed by atoms with van der Waals surface area (Å²) in [5, 5.41) is 21.2. The van der Waals surface area contributed by atoms with Gasteiger partial charge in [-0.3, -0.25) is 9.80 Å². The van der Waals surface area contributed by atoms with E-state index in [1.807, 2.05) is 18.2 Å². The quantitative estimate of drug-likeness (QED) is 0.400. The van der Waals surface area contributed by atoms with Gasteiger partial charge in [0.15, 0.2) is 0 Å². The standard InChI is InChI=1S/C31H37F2N3O4/c1-39-27-5-3-2-4-26(27)35-14-16-36(17-15-35)30-28(40-29(21-37)31(30)38)20-34(18-22-6-10-24(32)11-7-22)19-23-8-12-25(33)13-9-23/h2-13,28-31,37-38H,14-21H2,1H3/t28-,29+,30+,31-/m1/s1. The fourth-order valence-electron chi connectivity index (χ4n) is 5.87. The van der Waals surface area contributed by atoms with Crippen LogP contribution in [0.3, 0.4) is 0 Å². The first-order valence-corrected chi connectivity index (χ1v) is 13.7. The molecule has 7 nitrogen and oxygen atoms in total. The van der Waals surface area contributed by atoms with Gasteiger partial charge in [0.05, 0.1) is 31.5 Å². The number of hydrogen-bond donors (Lipinski definition) is 2. The summed E-state index contributed by atoms with van der Waals surface area (Å²) >= 11 is 0. The molecule has 0 amide bonds. The van der Waals surface area contributed by atoms with Crippen molar-refractivity contribution in [2.75, 3.05) is 51.3 Å². The number of nitrogens with zero attached hydrogens (tertiary/aromatic N) is 3. The Balaban J connectivity index is 1.32. The predicted octanol–water partition coefficient (Wildman–Crippen LogP) is 3.29. The summed E-state index contributed by atoms with van der Waals surface area (Å²) in [6, 6.07) is 20.4. The Bertz CT molecular complexity index is 1170. The van der Waals surface area contributed by atoms with Gasteiger partial charge in [-0.2, -0.15) is 0 Å². The van der Waals surface area contributed by atoms with Gasteiger partial charge < -0.3 is 24.6 Å². The highest BCUT2D eigenvalue weighted by molar-refractivity contribution is 5.58. The smallest absolute Gasteiger partial charge is 0.142 e. The molecular formula is C31H37F2N3O4.